The van der Waals surface area contributed by atoms with Crippen LogP contribution >= 0.6 is 22.1 Å². The van der Waals surface area contributed by atoms with E-state index in [1.54, 1.807) is 6.92 Å². The van der Waals surface area contributed by atoms with Crippen LogP contribution in [0.2, 0.25) is 0 Å². The van der Waals surface area contributed by atoms with Gasteiger partial charge in [-0.05, 0) is 6.92 Å². The van der Waals surface area contributed by atoms with Crippen LogP contribution in [-0.4, -0.2) is 18.7 Å². The molecule has 3 N–H and O–H groups in total. The maximum absolute atomic E-state index is 10.5. The minimum absolute atomic E-state index is 0.473. The topological polar surface area (TPSA) is 90.7 Å². The lowest BCUT2D eigenvalue weighted by Gasteiger charge is -2.00. The van der Waals surface area contributed by atoms with Crippen LogP contribution in [0.25, 0.3) is 0 Å². The number of carbonyl (C=O) groups excluding carboxylic acids is 2. The molecule has 0 aromatic rings. The molecule has 0 bridgehead atoms. The molecule has 0 aliphatic carbocycles. The molecule has 0 fully saturated rings. The van der Waals surface area contributed by atoms with Crippen LogP contribution in [0.5, 0.6) is 0 Å². The molecule has 0 aliphatic rings. The largest absolute Gasteiger partial charge is 0.420 e. The summed E-state index contributed by atoms with van der Waals surface area (Å²) in [4.78, 5) is 20.5. The second kappa shape index (κ2) is 6.92. The SMILES string of the molecule is CCNC(=O)OSSOC(N)=O. The summed E-state index contributed by atoms with van der Waals surface area (Å²) < 4.78 is 8.61. The third-order valence-corrected chi connectivity index (χ3v) is 1.66. The van der Waals surface area contributed by atoms with Gasteiger partial charge < -0.3 is 19.4 Å². The number of hydrogen-bond acceptors (Lipinski definition) is 6. The molecule has 2 amide bonds. The number of primary amides is 1. The summed E-state index contributed by atoms with van der Waals surface area (Å²) in [6, 6.07) is 0. The van der Waals surface area contributed by atoms with Crippen molar-refractivity contribution in [1.29, 1.82) is 0 Å². The summed E-state index contributed by atoms with van der Waals surface area (Å²) in [5.74, 6) is 0. The highest BCUT2D eigenvalue weighted by Crippen LogP contribution is 2.22. The number of amides is 2. The summed E-state index contributed by atoms with van der Waals surface area (Å²) in [7, 11) is 0. The van der Waals surface area contributed by atoms with Crippen molar-refractivity contribution in [3.63, 3.8) is 0 Å². The van der Waals surface area contributed by atoms with Crippen molar-refractivity contribution in [2.75, 3.05) is 6.54 Å². The van der Waals surface area contributed by atoms with Gasteiger partial charge in [0.2, 0.25) is 0 Å². The van der Waals surface area contributed by atoms with Gasteiger partial charge in [0.15, 0.2) is 22.1 Å². The Morgan fingerprint density at radius 2 is 2.00 bits per heavy atom. The van der Waals surface area contributed by atoms with E-state index in [0.29, 0.717) is 28.7 Å². The average molecular weight is 212 g/mol. The molecule has 0 saturated heterocycles. The number of nitrogens with one attached hydrogen (secondary N) is 1. The number of rotatable bonds is 4. The third kappa shape index (κ3) is 7.35. The fourth-order valence-electron chi connectivity index (χ4n) is 0.266. The molecule has 0 saturated carbocycles. The summed E-state index contributed by atoms with van der Waals surface area (Å²) in [6.07, 6.45) is -1.53. The summed E-state index contributed by atoms with van der Waals surface area (Å²) in [5, 5.41) is 2.37. The molecular formula is C4H8N2O4S2. The van der Waals surface area contributed by atoms with E-state index in [9.17, 15) is 9.59 Å². The van der Waals surface area contributed by atoms with E-state index < -0.39 is 12.2 Å². The van der Waals surface area contributed by atoms with Gasteiger partial charge in [-0.2, -0.15) is 0 Å². The zero-order valence-electron chi connectivity index (χ0n) is 6.23. The Labute approximate surface area is 77.3 Å². The highest BCUT2D eigenvalue weighted by atomic mass is 33.1. The van der Waals surface area contributed by atoms with Gasteiger partial charge in [-0.1, -0.05) is 0 Å². The van der Waals surface area contributed by atoms with Crippen molar-refractivity contribution in [3.8, 4) is 0 Å². The second-order valence-corrected chi connectivity index (χ2v) is 2.86. The van der Waals surface area contributed by atoms with E-state index in [2.05, 4.69) is 19.4 Å². The van der Waals surface area contributed by atoms with E-state index in [4.69, 9.17) is 0 Å². The van der Waals surface area contributed by atoms with Gasteiger partial charge in [0.05, 0.1) is 0 Å². The molecule has 0 rings (SSSR count). The quantitative estimate of drug-likeness (QED) is 0.411. The lowest BCUT2D eigenvalue weighted by molar-refractivity contribution is 0.209. The minimum atomic E-state index is -0.938. The Kier molecular flexibility index (Phi) is 6.48. The van der Waals surface area contributed by atoms with Gasteiger partial charge >= 0.3 is 12.2 Å². The van der Waals surface area contributed by atoms with E-state index in [0.717, 1.165) is 0 Å². The Morgan fingerprint density at radius 3 is 2.50 bits per heavy atom. The average Bonchev–Trinajstić information content (AvgIpc) is 1.98. The van der Waals surface area contributed by atoms with Crippen LogP contribution in [0, 0.1) is 0 Å². The fourth-order valence-corrected chi connectivity index (χ4v) is 1.06. The van der Waals surface area contributed by atoms with E-state index in [1.165, 1.54) is 0 Å². The van der Waals surface area contributed by atoms with Crippen LogP contribution in [0.3, 0.4) is 0 Å². The van der Waals surface area contributed by atoms with Gasteiger partial charge in [0, 0.05) is 6.54 Å². The zero-order chi connectivity index (χ0) is 9.40. The van der Waals surface area contributed by atoms with E-state index in [-0.39, 0.29) is 0 Å². The molecule has 12 heavy (non-hydrogen) atoms. The first kappa shape index (κ1) is 11.2. The fraction of sp³-hybridized carbons (Fsp3) is 0.500. The molecular weight excluding hydrogens is 204 g/mol. The van der Waals surface area contributed by atoms with Crippen molar-refractivity contribution in [3.05, 3.63) is 0 Å². The molecule has 70 valence electrons. The Balaban J connectivity index is 3.19. The monoisotopic (exact) mass is 212 g/mol. The number of hydrogen-bond donors (Lipinski definition) is 2. The van der Waals surface area contributed by atoms with Crippen LogP contribution in [-0.2, 0) is 8.37 Å². The molecule has 0 atom stereocenters. The van der Waals surface area contributed by atoms with E-state index >= 15 is 0 Å². The van der Waals surface area contributed by atoms with Crippen LogP contribution in [0.4, 0.5) is 9.59 Å². The number of carbonyl (C=O) groups is 2. The molecule has 0 unspecified atom stereocenters. The van der Waals surface area contributed by atoms with Gasteiger partial charge in [0.25, 0.3) is 0 Å². The van der Waals surface area contributed by atoms with Crippen molar-refractivity contribution in [1.82, 2.24) is 5.32 Å². The minimum Gasteiger partial charge on any atom is -0.360 e. The van der Waals surface area contributed by atoms with Gasteiger partial charge in [0.1, 0.15) is 0 Å². The Bertz CT molecular complexity index is 165. The smallest absolute Gasteiger partial charge is 0.360 e. The molecule has 0 heterocycles. The maximum atomic E-state index is 10.5. The molecule has 0 aliphatic heterocycles. The molecule has 0 spiro atoms. The Hall–Kier alpha value is -0.760. The first-order valence-electron chi connectivity index (χ1n) is 2.92. The lowest BCUT2D eigenvalue weighted by Crippen LogP contribution is -2.21. The Morgan fingerprint density at radius 1 is 1.42 bits per heavy atom. The van der Waals surface area contributed by atoms with Crippen molar-refractivity contribution in [2.24, 2.45) is 5.73 Å². The predicted molar refractivity (Wildman–Crippen MR) is 46.0 cm³/mol. The standard InChI is InChI=1S/C4H8N2O4S2/c1-2-6-4(8)10-12-11-9-3(5)7/h2H2,1H3,(H2,5,7)(H,6,8). The summed E-state index contributed by atoms with van der Waals surface area (Å²) >= 11 is 1.19. The van der Waals surface area contributed by atoms with Crippen molar-refractivity contribution < 1.29 is 18.0 Å². The maximum Gasteiger partial charge on any atom is 0.420 e. The van der Waals surface area contributed by atoms with Gasteiger partial charge in [-0.25, -0.2) is 9.59 Å². The van der Waals surface area contributed by atoms with Crippen LogP contribution in [0.15, 0.2) is 0 Å². The lowest BCUT2D eigenvalue weighted by atomic mass is 10.8. The highest BCUT2D eigenvalue weighted by Gasteiger charge is 2.02. The third-order valence-electron chi connectivity index (χ3n) is 0.575. The van der Waals surface area contributed by atoms with Crippen molar-refractivity contribution >= 4 is 34.3 Å². The zero-order valence-corrected chi connectivity index (χ0v) is 7.87. The molecule has 8 heteroatoms. The highest BCUT2D eigenvalue weighted by molar-refractivity contribution is 8.73. The predicted octanol–water partition coefficient (Wildman–Crippen LogP) is 1.04. The van der Waals surface area contributed by atoms with Gasteiger partial charge in [-0.3, -0.25) is 0 Å². The first-order chi connectivity index (χ1) is 5.66. The van der Waals surface area contributed by atoms with Crippen LogP contribution < -0.4 is 11.1 Å². The van der Waals surface area contributed by atoms with E-state index in [1.807, 2.05) is 0 Å². The first-order valence-corrected chi connectivity index (χ1v) is 4.92. The summed E-state index contributed by atoms with van der Waals surface area (Å²) in [5.41, 5.74) is 4.62. The van der Waals surface area contributed by atoms with Gasteiger partial charge in [-0.15, -0.1) is 0 Å². The van der Waals surface area contributed by atoms with Crippen molar-refractivity contribution in [2.45, 2.75) is 6.92 Å². The molecule has 0 aromatic carbocycles. The van der Waals surface area contributed by atoms with Crippen LogP contribution in [0.1, 0.15) is 6.92 Å². The normalized spacial score (nSPS) is 8.75. The molecule has 0 radical (unpaired) electrons. The summed E-state index contributed by atoms with van der Waals surface area (Å²) in [6.45, 7) is 2.22. The number of nitrogens with two attached hydrogens (primary N) is 1. The second-order valence-electron chi connectivity index (χ2n) is 1.44. The molecule has 6 nitrogen and oxygen atoms in total. The molecule has 0 aromatic heterocycles.